The van der Waals surface area contributed by atoms with Crippen LogP contribution in [0.2, 0.25) is 0 Å². The quantitative estimate of drug-likeness (QED) is 0.710. The van der Waals surface area contributed by atoms with E-state index in [0.717, 1.165) is 19.3 Å². The van der Waals surface area contributed by atoms with Crippen molar-refractivity contribution < 1.29 is 5.11 Å². The van der Waals surface area contributed by atoms with Gasteiger partial charge in [0, 0.05) is 19.2 Å². The van der Waals surface area contributed by atoms with Crippen molar-refractivity contribution in [3.63, 3.8) is 0 Å². The largest absolute Gasteiger partial charge is 0.392 e. The molecule has 1 aromatic heterocycles. The molecule has 1 N–H and O–H groups in total. The van der Waals surface area contributed by atoms with Crippen molar-refractivity contribution in [2.24, 2.45) is 7.05 Å². The number of hydrogen-bond donors (Lipinski definition) is 1. The fourth-order valence-electron chi connectivity index (χ4n) is 2.13. The first kappa shape index (κ1) is 8.75. The summed E-state index contributed by atoms with van der Waals surface area (Å²) in [6.45, 7) is 0. The summed E-state index contributed by atoms with van der Waals surface area (Å²) in [7, 11) is 1.92. The highest BCUT2D eigenvalue weighted by Gasteiger charge is 2.25. The summed E-state index contributed by atoms with van der Waals surface area (Å²) in [4.78, 5) is 0. The van der Waals surface area contributed by atoms with Gasteiger partial charge in [-0.25, -0.2) is 0 Å². The Kier molecular flexibility index (Phi) is 2.36. The number of aromatic nitrogens is 2. The second-order valence-electron chi connectivity index (χ2n) is 3.91. The number of rotatable bonds is 1. The maximum absolute atomic E-state index is 9.79. The van der Waals surface area contributed by atoms with Crippen LogP contribution in [0.3, 0.4) is 0 Å². The molecule has 0 spiro atoms. The van der Waals surface area contributed by atoms with Gasteiger partial charge in [-0.15, -0.1) is 0 Å². The van der Waals surface area contributed by atoms with Gasteiger partial charge in [0.1, 0.15) is 0 Å². The van der Waals surface area contributed by atoms with Crippen LogP contribution in [0.15, 0.2) is 12.4 Å². The highest BCUT2D eigenvalue weighted by atomic mass is 16.3. The van der Waals surface area contributed by atoms with Crippen molar-refractivity contribution in [3.8, 4) is 0 Å². The van der Waals surface area contributed by atoms with E-state index >= 15 is 0 Å². The zero-order valence-electron chi connectivity index (χ0n) is 7.98. The fraction of sp³-hybridized carbons (Fsp3) is 0.700. The Morgan fingerprint density at radius 3 is 2.85 bits per heavy atom. The molecule has 2 rings (SSSR count). The first-order chi connectivity index (χ1) is 6.27. The molecule has 1 heterocycles. The number of aryl methyl sites for hydroxylation is 1. The zero-order valence-corrected chi connectivity index (χ0v) is 7.98. The lowest BCUT2D eigenvalue weighted by molar-refractivity contribution is 0.106. The Balaban J connectivity index is 2.14. The van der Waals surface area contributed by atoms with Crippen LogP contribution in [0.25, 0.3) is 0 Å². The highest BCUT2D eigenvalue weighted by molar-refractivity contribution is 5.13. The van der Waals surface area contributed by atoms with Gasteiger partial charge in [0.05, 0.1) is 12.3 Å². The molecular weight excluding hydrogens is 164 g/mol. The molecular formula is C10H16N2O. The molecule has 0 aliphatic heterocycles. The van der Waals surface area contributed by atoms with Crippen LogP contribution in [0.4, 0.5) is 0 Å². The average Bonchev–Trinajstić information content (AvgIpc) is 2.53. The minimum Gasteiger partial charge on any atom is -0.392 e. The molecule has 3 heteroatoms. The Bertz CT molecular complexity index is 282. The Morgan fingerprint density at radius 1 is 1.46 bits per heavy atom. The SMILES string of the molecule is Cn1cc(C2CCCCC2O)cn1. The van der Waals surface area contributed by atoms with Crippen LogP contribution >= 0.6 is 0 Å². The van der Waals surface area contributed by atoms with Gasteiger partial charge in [-0.2, -0.15) is 5.10 Å². The van der Waals surface area contributed by atoms with Gasteiger partial charge in [-0.3, -0.25) is 4.68 Å². The second kappa shape index (κ2) is 3.50. The monoisotopic (exact) mass is 180 g/mol. The van der Waals surface area contributed by atoms with Crippen molar-refractivity contribution in [3.05, 3.63) is 18.0 Å². The number of aliphatic hydroxyl groups is 1. The molecule has 3 nitrogen and oxygen atoms in total. The lowest BCUT2D eigenvalue weighted by Crippen LogP contribution is -2.22. The zero-order chi connectivity index (χ0) is 9.26. The van der Waals surface area contributed by atoms with E-state index in [2.05, 4.69) is 5.10 Å². The van der Waals surface area contributed by atoms with Crippen LogP contribution in [-0.2, 0) is 7.05 Å². The van der Waals surface area contributed by atoms with Crippen molar-refractivity contribution in [2.45, 2.75) is 37.7 Å². The molecule has 0 radical (unpaired) electrons. The molecule has 1 fully saturated rings. The van der Waals surface area contributed by atoms with Crippen LogP contribution in [0.1, 0.15) is 37.2 Å². The fourth-order valence-corrected chi connectivity index (χ4v) is 2.13. The van der Waals surface area contributed by atoms with E-state index in [-0.39, 0.29) is 6.10 Å². The summed E-state index contributed by atoms with van der Waals surface area (Å²) in [5.74, 6) is 0.322. The first-order valence-electron chi connectivity index (χ1n) is 4.94. The summed E-state index contributed by atoms with van der Waals surface area (Å²) in [6.07, 6.45) is 8.18. The topological polar surface area (TPSA) is 38.0 Å². The third-order valence-electron chi connectivity index (χ3n) is 2.88. The molecule has 2 unspecified atom stereocenters. The molecule has 1 aliphatic carbocycles. The molecule has 0 bridgehead atoms. The van der Waals surface area contributed by atoms with Crippen LogP contribution in [0.5, 0.6) is 0 Å². The summed E-state index contributed by atoms with van der Waals surface area (Å²) < 4.78 is 1.80. The molecule has 13 heavy (non-hydrogen) atoms. The number of aliphatic hydroxyl groups excluding tert-OH is 1. The van der Waals surface area contributed by atoms with Gasteiger partial charge in [-0.05, 0) is 18.4 Å². The summed E-state index contributed by atoms with van der Waals surface area (Å²) in [6, 6.07) is 0. The second-order valence-corrected chi connectivity index (χ2v) is 3.91. The molecule has 1 aliphatic rings. The van der Waals surface area contributed by atoms with Gasteiger partial charge in [0.2, 0.25) is 0 Å². The van der Waals surface area contributed by atoms with Gasteiger partial charge < -0.3 is 5.11 Å². The van der Waals surface area contributed by atoms with E-state index in [4.69, 9.17) is 0 Å². The molecule has 0 saturated heterocycles. The predicted octanol–water partition coefficient (Wildman–Crippen LogP) is 1.44. The minimum absolute atomic E-state index is 0.155. The number of nitrogens with zero attached hydrogens (tertiary/aromatic N) is 2. The average molecular weight is 180 g/mol. The Hall–Kier alpha value is -0.830. The van der Waals surface area contributed by atoms with E-state index in [1.807, 2.05) is 19.4 Å². The van der Waals surface area contributed by atoms with E-state index in [1.165, 1.54) is 12.0 Å². The summed E-state index contributed by atoms with van der Waals surface area (Å²) in [5, 5.41) is 13.9. The molecule has 2 atom stereocenters. The standard InChI is InChI=1S/C10H16N2O/c1-12-7-8(6-11-12)9-4-2-3-5-10(9)13/h6-7,9-10,13H,2-5H2,1H3. The van der Waals surface area contributed by atoms with E-state index in [9.17, 15) is 5.11 Å². The Labute approximate surface area is 78.4 Å². The maximum atomic E-state index is 9.79. The summed E-state index contributed by atoms with van der Waals surface area (Å²) >= 11 is 0. The highest BCUT2D eigenvalue weighted by Crippen LogP contribution is 2.32. The molecule has 72 valence electrons. The first-order valence-corrected chi connectivity index (χ1v) is 4.94. The lowest BCUT2D eigenvalue weighted by Gasteiger charge is -2.26. The van der Waals surface area contributed by atoms with Crippen molar-refractivity contribution >= 4 is 0 Å². The van der Waals surface area contributed by atoms with Crippen LogP contribution in [0, 0.1) is 0 Å². The molecule has 1 aromatic rings. The van der Waals surface area contributed by atoms with Gasteiger partial charge in [0.15, 0.2) is 0 Å². The molecule has 1 saturated carbocycles. The maximum Gasteiger partial charge on any atom is 0.0609 e. The van der Waals surface area contributed by atoms with Gasteiger partial charge in [-0.1, -0.05) is 12.8 Å². The van der Waals surface area contributed by atoms with Crippen LogP contribution < -0.4 is 0 Å². The minimum atomic E-state index is -0.155. The number of hydrogen-bond acceptors (Lipinski definition) is 2. The predicted molar refractivity (Wildman–Crippen MR) is 50.4 cm³/mol. The third-order valence-corrected chi connectivity index (χ3v) is 2.88. The van der Waals surface area contributed by atoms with Crippen molar-refractivity contribution in [2.75, 3.05) is 0 Å². The molecule has 0 amide bonds. The van der Waals surface area contributed by atoms with E-state index < -0.39 is 0 Å². The van der Waals surface area contributed by atoms with Crippen molar-refractivity contribution in [1.82, 2.24) is 9.78 Å². The van der Waals surface area contributed by atoms with E-state index in [1.54, 1.807) is 4.68 Å². The smallest absolute Gasteiger partial charge is 0.0609 e. The van der Waals surface area contributed by atoms with Crippen LogP contribution in [-0.4, -0.2) is 21.0 Å². The van der Waals surface area contributed by atoms with Gasteiger partial charge >= 0.3 is 0 Å². The van der Waals surface area contributed by atoms with Gasteiger partial charge in [0.25, 0.3) is 0 Å². The van der Waals surface area contributed by atoms with Crippen molar-refractivity contribution in [1.29, 1.82) is 0 Å². The summed E-state index contributed by atoms with van der Waals surface area (Å²) in [5.41, 5.74) is 1.19. The molecule has 0 aromatic carbocycles. The van der Waals surface area contributed by atoms with E-state index in [0.29, 0.717) is 5.92 Å². The normalized spacial score (nSPS) is 29.1. The third kappa shape index (κ3) is 1.75. The lowest BCUT2D eigenvalue weighted by atomic mass is 9.83. The Morgan fingerprint density at radius 2 is 2.23 bits per heavy atom.